The highest BCUT2D eigenvalue weighted by Gasteiger charge is 2.14. The number of aromatic nitrogens is 3. The van der Waals surface area contributed by atoms with Crippen LogP contribution in [0.3, 0.4) is 0 Å². The molecule has 3 nitrogen and oxygen atoms in total. The molecule has 0 fully saturated rings. The van der Waals surface area contributed by atoms with E-state index in [0.29, 0.717) is 0 Å². The zero-order valence-corrected chi connectivity index (χ0v) is 15.7. The van der Waals surface area contributed by atoms with Crippen LogP contribution in [0.15, 0.2) is 103 Å². The molecule has 136 valence electrons. The molecule has 0 bridgehead atoms. The van der Waals surface area contributed by atoms with Crippen molar-refractivity contribution >= 4 is 27.6 Å². The number of fused-ring (bicyclic) bond motifs is 5. The second kappa shape index (κ2) is 6.28. The van der Waals surface area contributed by atoms with Crippen molar-refractivity contribution in [3.8, 4) is 22.5 Å². The van der Waals surface area contributed by atoms with Crippen molar-refractivity contribution in [2.75, 3.05) is 0 Å². The summed E-state index contributed by atoms with van der Waals surface area (Å²) in [5.41, 5.74) is 7.43. The maximum Gasteiger partial charge on any atom is 0.149 e. The molecule has 0 saturated carbocycles. The van der Waals surface area contributed by atoms with Gasteiger partial charge in [-0.2, -0.15) is 0 Å². The van der Waals surface area contributed by atoms with E-state index in [-0.39, 0.29) is 0 Å². The van der Waals surface area contributed by atoms with E-state index in [1.165, 1.54) is 11.1 Å². The second-order valence-electron chi connectivity index (χ2n) is 7.16. The van der Waals surface area contributed by atoms with E-state index in [1.807, 2.05) is 30.3 Å². The van der Waals surface area contributed by atoms with Gasteiger partial charge in [-0.1, -0.05) is 78.9 Å². The zero-order valence-electron chi connectivity index (χ0n) is 15.7. The molecule has 3 heteroatoms. The minimum Gasteiger partial charge on any atom is -0.276 e. The Kier molecular flexibility index (Phi) is 3.47. The molecule has 0 atom stereocenters. The van der Waals surface area contributed by atoms with E-state index in [2.05, 4.69) is 77.2 Å². The van der Waals surface area contributed by atoms with Crippen LogP contribution in [-0.2, 0) is 0 Å². The molecular weight excluding hydrogens is 354 g/mol. The number of hydrogen-bond donors (Lipinski definition) is 0. The zero-order chi connectivity index (χ0) is 19.2. The molecule has 2 heterocycles. The third-order valence-corrected chi connectivity index (χ3v) is 5.39. The van der Waals surface area contributed by atoms with Crippen LogP contribution in [0.4, 0.5) is 0 Å². The van der Waals surface area contributed by atoms with Crippen LogP contribution in [-0.4, -0.2) is 14.4 Å². The Bertz CT molecular complexity index is 1480. The summed E-state index contributed by atoms with van der Waals surface area (Å²) in [6, 6.07) is 35.5. The van der Waals surface area contributed by atoms with Crippen LogP contribution >= 0.6 is 0 Å². The topological polar surface area (TPSA) is 30.2 Å². The average molecular weight is 371 g/mol. The van der Waals surface area contributed by atoms with Gasteiger partial charge in [-0.25, -0.2) is 9.97 Å². The first-order valence-electron chi connectivity index (χ1n) is 9.70. The molecular formula is C26H17N3. The summed E-state index contributed by atoms with van der Waals surface area (Å²) in [6.45, 7) is 0. The van der Waals surface area contributed by atoms with Crippen LogP contribution in [0, 0.1) is 0 Å². The van der Waals surface area contributed by atoms with E-state index in [1.54, 1.807) is 0 Å². The molecule has 0 amide bonds. The number of nitrogens with zero attached hydrogens (tertiary/aromatic N) is 3. The van der Waals surface area contributed by atoms with E-state index in [0.717, 1.165) is 39.0 Å². The predicted molar refractivity (Wildman–Crippen MR) is 119 cm³/mol. The lowest BCUT2D eigenvalue weighted by atomic mass is 10.0. The fraction of sp³-hybridized carbons (Fsp3) is 0. The van der Waals surface area contributed by atoms with Crippen molar-refractivity contribution in [3.05, 3.63) is 103 Å². The standard InChI is InChI=1S/C26H17N3/c1-2-8-18(9-3-1)19-14-16-20(17-15-19)25-27-22-11-5-4-10-21(22)26-28-23-12-6-7-13-24(23)29(25)26/h1-17H. The van der Waals surface area contributed by atoms with Crippen molar-refractivity contribution < 1.29 is 0 Å². The minimum absolute atomic E-state index is 0.909. The molecule has 6 aromatic rings. The molecule has 0 N–H and O–H groups in total. The van der Waals surface area contributed by atoms with Crippen molar-refractivity contribution in [1.82, 2.24) is 14.4 Å². The molecule has 0 aliphatic carbocycles. The summed E-state index contributed by atoms with van der Waals surface area (Å²) in [5, 5.41) is 1.06. The SMILES string of the molecule is c1ccc(-c2ccc(-c3nc4ccccc4c4nc5ccccc5n34)cc2)cc1. The van der Waals surface area contributed by atoms with E-state index < -0.39 is 0 Å². The first-order valence-corrected chi connectivity index (χ1v) is 9.70. The molecule has 29 heavy (non-hydrogen) atoms. The van der Waals surface area contributed by atoms with Gasteiger partial charge in [0.2, 0.25) is 0 Å². The van der Waals surface area contributed by atoms with E-state index in [4.69, 9.17) is 9.97 Å². The third kappa shape index (κ3) is 2.52. The quantitative estimate of drug-likeness (QED) is 0.354. The molecule has 6 rings (SSSR count). The second-order valence-corrected chi connectivity index (χ2v) is 7.16. The lowest BCUT2D eigenvalue weighted by molar-refractivity contribution is 1.16. The van der Waals surface area contributed by atoms with E-state index in [9.17, 15) is 0 Å². The van der Waals surface area contributed by atoms with Gasteiger partial charge in [0, 0.05) is 10.9 Å². The fourth-order valence-electron chi connectivity index (χ4n) is 3.98. The Morgan fingerprint density at radius 2 is 1.10 bits per heavy atom. The minimum atomic E-state index is 0.909. The molecule has 0 radical (unpaired) electrons. The summed E-state index contributed by atoms with van der Waals surface area (Å²) in [5.74, 6) is 0.909. The van der Waals surface area contributed by atoms with Crippen molar-refractivity contribution in [3.63, 3.8) is 0 Å². The highest BCUT2D eigenvalue weighted by Crippen LogP contribution is 2.30. The van der Waals surface area contributed by atoms with Gasteiger partial charge in [-0.3, -0.25) is 4.40 Å². The van der Waals surface area contributed by atoms with E-state index >= 15 is 0 Å². The molecule has 2 aromatic heterocycles. The summed E-state index contributed by atoms with van der Waals surface area (Å²) in [4.78, 5) is 9.94. The van der Waals surface area contributed by atoms with Gasteiger partial charge in [0.1, 0.15) is 11.5 Å². The highest BCUT2D eigenvalue weighted by atomic mass is 15.1. The maximum absolute atomic E-state index is 5.02. The molecule has 0 unspecified atom stereocenters. The Labute approximate surface area is 167 Å². The van der Waals surface area contributed by atoms with Crippen molar-refractivity contribution in [2.24, 2.45) is 0 Å². The Balaban J connectivity index is 1.64. The smallest absolute Gasteiger partial charge is 0.149 e. The van der Waals surface area contributed by atoms with Crippen molar-refractivity contribution in [2.45, 2.75) is 0 Å². The first-order chi connectivity index (χ1) is 14.4. The lowest BCUT2D eigenvalue weighted by Gasteiger charge is -2.10. The summed E-state index contributed by atoms with van der Waals surface area (Å²) >= 11 is 0. The number of para-hydroxylation sites is 3. The summed E-state index contributed by atoms with van der Waals surface area (Å²) < 4.78 is 2.18. The molecule has 4 aromatic carbocycles. The Hall–Kier alpha value is -3.98. The predicted octanol–water partition coefficient (Wildman–Crippen LogP) is 6.37. The van der Waals surface area contributed by atoms with Gasteiger partial charge in [-0.05, 0) is 35.4 Å². The first kappa shape index (κ1) is 16.0. The number of imidazole rings is 1. The molecule has 0 saturated heterocycles. The van der Waals surface area contributed by atoms with Gasteiger partial charge in [0.05, 0.1) is 16.6 Å². The van der Waals surface area contributed by atoms with Gasteiger partial charge < -0.3 is 0 Å². The third-order valence-electron chi connectivity index (χ3n) is 5.39. The maximum atomic E-state index is 5.02. The largest absolute Gasteiger partial charge is 0.276 e. The average Bonchev–Trinajstić information content (AvgIpc) is 3.19. The fourth-order valence-corrected chi connectivity index (χ4v) is 3.98. The molecule has 0 spiro atoms. The lowest BCUT2D eigenvalue weighted by Crippen LogP contribution is -1.98. The number of benzene rings is 4. The van der Waals surface area contributed by atoms with Crippen LogP contribution in [0.2, 0.25) is 0 Å². The van der Waals surface area contributed by atoms with Gasteiger partial charge in [0.15, 0.2) is 0 Å². The van der Waals surface area contributed by atoms with Crippen LogP contribution in [0.5, 0.6) is 0 Å². The Morgan fingerprint density at radius 3 is 1.93 bits per heavy atom. The van der Waals surface area contributed by atoms with Crippen molar-refractivity contribution in [1.29, 1.82) is 0 Å². The molecule has 0 aliphatic heterocycles. The monoisotopic (exact) mass is 371 g/mol. The van der Waals surface area contributed by atoms with Gasteiger partial charge >= 0.3 is 0 Å². The number of rotatable bonds is 2. The van der Waals surface area contributed by atoms with Gasteiger partial charge in [-0.15, -0.1) is 0 Å². The van der Waals surface area contributed by atoms with Gasteiger partial charge in [0.25, 0.3) is 0 Å². The van der Waals surface area contributed by atoms with Crippen LogP contribution in [0.25, 0.3) is 50.1 Å². The Morgan fingerprint density at radius 1 is 0.483 bits per heavy atom. The van der Waals surface area contributed by atoms with Crippen LogP contribution < -0.4 is 0 Å². The normalized spacial score (nSPS) is 11.4. The highest BCUT2D eigenvalue weighted by molar-refractivity contribution is 5.98. The number of hydrogen-bond acceptors (Lipinski definition) is 2. The summed E-state index contributed by atoms with van der Waals surface area (Å²) in [7, 11) is 0. The van der Waals surface area contributed by atoms with Crippen LogP contribution in [0.1, 0.15) is 0 Å². The summed E-state index contributed by atoms with van der Waals surface area (Å²) in [6.07, 6.45) is 0. The molecule has 0 aliphatic rings.